The molecule has 0 saturated heterocycles. The number of halogens is 2. The molecular weight excluding hydrogens is 309 g/mol. The number of carbonyl (C=O) groups is 1. The molecule has 0 aliphatic rings. The number of rotatable bonds is 3. The molecule has 3 nitrogen and oxygen atoms in total. The van der Waals surface area contributed by atoms with E-state index in [1.54, 1.807) is 43.4 Å². The van der Waals surface area contributed by atoms with E-state index in [1.807, 2.05) is 13.0 Å². The van der Waals surface area contributed by atoms with Crippen molar-refractivity contribution in [2.45, 2.75) is 13.0 Å². The molecule has 0 aliphatic carbocycles. The van der Waals surface area contributed by atoms with Gasteiger partial charge in [0.1, 0.15) is 5.75 Å². The first-order valence-electron chi connectivity index (χ1n) is 6.41. The molecule has 2 aromatic rings. The summed E-state index contributed by atoms with van der Waals surface area (Å²) in [6, 6.07) is 11.4. The SMILES string of the molecule is CC(c1ccccc1O)N(C)C(=O)c1cc(Cl)cc(Cl)c1. The molecule has 1 unspecified atom stereocenters. The van der Waals surface area contributed by atoms with E-state index >= 15 is 0 Å². The van der Waals surface area contributed by atoms with Crippen LogP contribution in [0.25, 0.3) is 0 Å². The Morgan fingerprint density at radius 3 is 2.29 bits per heavy atom. The number of hydrogen-bond acceptors (Lipinski definition) is 2. The van der Waals surface area contributed by atoms with Crippen LogP contribution in [0.3, 0.4) is 0 Å². The highest BCUT2D eigenvalue weighted by atomic mass is 35.5. The fraction of sp³-hybridized carbons (Fsp3) is 0.188. The Balaban J connectivity index is 2.28. The number of carbonyl (C=O) groups excluding carboxylic acids is 1. The van der Waals surface area contributed by atoms with Gasteiger partial charge in [-0.3, -0.25) is 4.79 Å². The fourth-order valence-corrected chi connectivity index (χ4v) is 2.63. The Morgan fingerprint density at radius 2 is 1.71 bits per heavy atom. The van der Waals surface area contributed by atoms with Crippen LogP contribution in [0, 0.1) is 0 Å². The van der Waals surface area contributed by atoms with Crippen molar-refractivity contribution >= 4 is 29.1 Å². The van der Waals surface area contributed by atoms with Crippen LogP contribution in [-0.2, 0) is 0 Å². The largest absolute Gasteiger partial charge is 0.508 e. The first-order chi connectivity index (χ1) is 9.90. The zero-order valence-corrected chi connectivity index (χ0v) is 13.2. The molecule has 5 heteroatoms. The van der Waals surface area contributed by atoms with Crippen LogP contribution >= 0.6 is 23.2 Å². The lowest BCUT2D eigenvalue weighted by Crippen LogP contribution is -2.29. The molecule has 110 valence electrons. The summed E-state index contributed by atoms with van der Waals surface area (Å²) >= 11 is 11.9. The second-order valence-corrected chi connectivity index (χ2v) is 5.68. The summed E-state index contributed by atoms with van der Waals surface area (Å²) in [6.45, 7) is 1.85. The molecule has 0 saturated carbocycles. The standard InChI is InChI=1S/C16H15Cl2NO2/c1-10(14-5-3-4-6-15(14)20)19(2)16(21)11-7-12(17)9-13(18)8-11/h3-10,20H,1-2H3. The van der Waals surface area contributed by atoms with Gasteiger partial charge in [0, 0.05) is 28.2 Å². The summed E-state index contributed by atoms with van der Waals surface area (Å²) < 4.78 is 0. The molecule has 0 aliphatic heterocycles. The number of hydrogen-bond donors (Lipinski definition) is 1. The van der Waals surface area contributed by atoms with E-state index in [2.05, 4.69) is 0 Å². The summed E-state index contributed by atoms with van der Waals surface area (Å²) in [5.74, 6) is -0.0519. The summed E-state index contributed by atoms with van der Waals surface area (Å²) in [5, 5.41) is 10.7. The number of benzene rings is 2. The molecule has 0 aromatic heterocycles. The first-order valence-corrected chi connectivity index (χ1v) is 7.17. The third-order valence-corrected chi connectivity index (χ3v) is 3.83. The maximum absolute atomic E-state index is 12.5. The van der Waals surface area contributed by atoms with Crippen molar-refractivity contribution in [2.24, 2.45) is 0 Å². The maximum Gasteiger partial charge on any atom is 0.254 e. The number of para-hydroxylation sites is 1. The predicted molar refractivity (Wildman–Crippen MR) is 85.1 cm³/mol. The van der Waals surface area contributed by atoms with Gasteiger partial charge >= 0.3 is 0 Å². The lowest BCUT2D eigenvalue weighted by atomic mass is 10.1. The van der Waals surface area contributed by atoms with Gasteiger partial charge in [-0.2, -0.15) is 0 Å². The van der Waals surface area contributed by atoms with Gasteiger partial charge in [0.15, 0.2) is 0 Å². The summed E-state index contributed by atoms with van der Waals surface area (Å²) in [5.41, 5.74) is 1.10. The molecule has 0 radical (unpaired) electrons. The van der Waals surface area contributed by atoms with Gasteiger partial charge in [0.05, 0.1) is 6.04 Å². The van der Waals surface area contributed by atoms with Crippen LogP contribution in [0.2, 0.25) is 10.0 Å². The Kier molecular flexibility index (Phi) is 4.76. The lowest BCUT2D eigenvalue weighted by molar-refractivity contribution is 0.0741. The van der Waals surface area contributed by atoms with Crippen LogP contribution < -0.4 is 0 Å². The molecule has 0 bridgehead atoms. The zero-order valence-electron chi connectivity index (χ0n) is 11.7. The number of phenols is 1. The monoisotopic (exact) mass is 323 g/mol. The Morgan fingerprint density at radius 1 is 1.14 bits per heavy atom. The van der Waals surface area contributed by atoms with E-state index < -0.39 is 0 Å². The third-order valence-electron chi connectivity index (χ3n) is 3.40. The average molecular weight is 324 g/mol. The van der Waals surface area contributed by atoms with Gasteiger partial charge < -0.3 is 10.0 Å². The van der Waals surface area contributed by atoms with Gasteiger partial charge in [-0.05, 0) is 31.2 Å². The van der Waals surface area contributed by atoms with Crippen molar-refractivity contribution < 1.29 is 9.90 Å². The zero-order chi connectivity index (χ0) is 15.6. The molecule has 1 amide bonds. The van der Waals surface area contributed by atoms with Crippen LogP contribution in [0.5, 0.6) is 5.75 Å². The van der Waals surface area contributed by atoms with E-state index in [-0.39, 0.29) is 17.7 Å². The third kappa shape index (κ3) is 3.49. The highest BCUT2D eigenvalue weighted by Gasteiger charge is 2.21. The van der Waals surface area contributed by atoms with Crippen molar-refractivity contribution in [2.75, 3.05) is 7.05 Å². The first kappa shape index (κ1) is 15.7. The van der Waals surface area contributed by atoms with E-state index in [0.717, 1.165) is 0 Å². The van der Waals surface area contributed by atoms with Crippen LogP contribution in [-0.4, -0.2) is 23.0 Å². The van der Waals surface area contributed by atoms with E-state index in [9.17, 15) is 9.90 Å². The van der Waals surface area contributed by atoms with Crippen molar-refractivity contribution in [3.8, 4) is 5.75 Å². The average Bonchev–Trinajstić information content (AvgIpc) is 2.44. The van der Waals surface area contributed by atoms with Crippen molar-refractivity contribution in [3.05, 3.63) is 63.6 Å². The van der Waals surface area contributed by atoms with E-state index in [0.29, 0.717) is 21.2 Å². The van der Waals surface area contributed by atoms with E-state index in [1.165, 1.54) is 4.90 Å². The molecule has 1 N–H and O–H groups in total. The number of nitrogens with zero attached hydrogens (tertiary/aromatic N) is 1. The second kappa shape index (κ2) is 6.37. The minimum Gasteiger partial charge on any atom is -0.508 e. The fourth-order valence-electron chi connectivity index (χ4n) is 2.11. The quantitative estimate of drug-likeness (QED) is 0.901. The molecule has 2 aromatic carbocycles. The smallest absolute Gasteiger partial charge is 0.254 e. The minimum absolute atomic E-state index is 0.161. The summed E-state index contributed by atoms with van der Waals surface area (Å²) in [6.07, 6.45) is 0. The maximum atomic E-state index is 12.5. The molecule has 1 atom stereocenters. The normalized spacial score (nSPS) is 12.0. The summed E-state index contributed by atoms with van der Waals surface area (Å²) in [4.78, 5) is 14.0. The number of phenolic OH excluding ortho intramolecular Hbond substituents is 1. The van der Waals surface area contributed by atoms with Crippen molar-refractivity contribution in [3.63, 3.8) is 0 Å². The van der Waals surface area contributed by atoms with Gasteiger partial charge in [-0.25, -0.2) is 0 Å². The van der Waals surface area contributed by atoms with Crippen LogP contribution in [0.1, 0.15) is 28.9 Å². The molecule has 21 heavy (non-hydrogen) atoms. The topological polar surface area (TPSA) is 40.5 Å². The van der Waals surface area contributed by atoms with Gasteiger partial charge in [0.2, 0.25) is 0 Å². The molecule has 0 heterocycles. The number of aromatic hydroxyl groups is 1. The van der Waals surface area contributed by atoms with E-state index in [4.69, 9.17) is 23.2 Å². The Hall–Kier alpha value is -1.71. The Labute approximate surface area is 133 Å². The predicted octanol–water partition coefficient (Wildman–Crippen LogP) is 4.53. The van der Waals surface area contributed by atoms with Crippen LogP contribution in [0.15, 0.2) is 42.5 Å². The molecular formula is C16H15Cl2NO2. The highest BCUT2D eigenvalue weighted by Crippen LogP contribution is 2.29. The molecule has 0 spiro atoms. The Bertz CT molecular complexity index is 653. The highest BCUT2D eigenvalue weighted by molar-refractivity contribution is 6.35. The van der Waals surface area contributed by atoms with Crippen molar-refractivity contribution in [1.29, 1.82) is 0 Å². The number of amides is 1. The second-order valence-electron chi connectivity index (χ2n) is 4.81. The van der Waals surface area contributed by atoms with Gasteiger partial charge in [0.25, 0.3) is 5.91 Å². The van der Waals surface area contributed by atoms with Crippen LogP contribution in [0.4, 0.5) is 0 Å². The molecule has 0 fully saturated rings. The molecule has 2 rings (SSSR count). The van der Waals surface area contributed by atoms with Crippen molar-refractivity contribution in [1.82, 2.24) is 4.90 Å². The minimum atomic E-state index is -0.281. The summed E-state index contributed by atoms with van der Waals surface area (Å²) in [7, 11) is 1.67. The van der Waals surface area contributed by atoms with Gasteiger partial charge in [-0.15, -0.1) is 0 Å². The van der Waals surface area contributed by atoms with Gasteiger partial charge in [-0.1, -0.05) is 41.4 Å². The lowest BCUT2D eigenvalue weighted by Gasteiger charge is -2.26.